The molecule has 3 unspecified atom stereocenters. The van der Waals surface area contributed by atoms with Crippen LogP contribution in [0.3, 0.4) is 0 Å². The molecule has 16 heavy (non-hydrogen) atoms. The van der Waals surface area contributed by atoms with Crippen molar-refractivity contribution in [2.75, 3.05) is 0 Å². The summed E-state index contributed by atoms with van der Waals surface area (Å²) in [6, 6.07) is 0. The average Bonchev–Trinajstić information content (AvgIpc) is 2.59. The summed E-state index contributed by atoms with van der Waals surface area (Å²) in [5.74, 6) is 1.38. The quantitative estimate of drug-likeness (QED) is 0.610. The SMILES string of the molecule is C=C(C)C1CCCC12C(C)=CC(=O)CC2C. The van der Waals surface area contributed by atoms with Crippen molar-refractivity contribution in [3.63, 3.8) is 0 Å². The maximum Gasteiger partial charge on any atom is 0.155 e. The lowest BCUT2D eigenvalue weighted by molar-refractivity contribution is -0.117. The molecule has 2 aliphatic rings. The molecule has 1 saturated carbocycles. The predicted molar refractivity (Wildman–Crippen MR) is 67.1 cm³/mol. The summed E-state index contributed by atoms with van der Waals surface area (Å²) in [5, 5.41) is 0. The standard InChI is InChI=1S/C15H22O/c1-10(2)14-6-5-7-15(14)11(3)8-13(16)9-12(15)4/h8,12,14H,1,5-7,9H2,2-4H3. The van der Waals surface area contributed by atoms with Gasteiger partial charge < -0.3 is 0 Å². The van der Waals surface area contributed by atoms with Crippen LogP contribution in [0.1, 0.15) is 46.5 Å². The first-order valence-electron chi connectivity index (χ1n) is 6.35. The smallest absolute Gasteiger partial charge is 0.155 e. The second kappa shape index (κ2) is 3.87. The number of hydrogen-bond donors (Lipinski definition) is 0. The van der Waals surface area contributed by atoms with Gasteiger partial charge in [0.2, 0.25) is 0 Å². The monoisotopic (exact) mass is 218 g/mol. The van der Waals surface area contributed by atoms with Gasteiger partial charge in [-0.15, -0.1) is 0 Å². The molecule has 0 N–H and O–H groups in total. The summed E-state index contributed by atoms with van der Waals surface area (Å²) in [7, 11) is 0. The molecule has 1 nitrogen and oxygen atoms in total. The Kier molecular flexibility index (Phi) is 2.81. The van der Waals surface area contributed by atoms with Gasteiger partial charge >= 0.3 is 0 Å². The minimum Gasteiger partial charge on any atom is -0.295 e. The zero-order valence-electron chi connectivity index (χ0n) is 10.7. The molecule has 3 atom stereocenters. The Morgan fingerprint density at radius 1 is 1.56 bits per heavy atom. The Bertz CT molecular complexity index is 364. The Labute approximate surface area is 98.6 Å². The van der Waals surface area contributed by atoms with Crippen LogP contribution in [0.25, 0.3) is 0 Å². The minimum absolute atomic E-state index is 0.250. The van der Waals surface area contributed by atoms with E-state index in [0.717, 1.165) is 6.42 Å². The Morgan fingerprint density at radius 2 is 2.25 bits per heavy atom. The normalized spacial score (nSPS) is 38.9. The van der Waals surface area contributed by atoms with Gasteiger partial charge in [0.1, 0.15) is 0 Å². The number of carbonyl (C=O) groups excluding carboxylic acids is 1. The van der Waals surface area contributed by atoms with E-state index in [9.17, 15) is 4.79 Å². The van der Waals surface area contributed by atoms with Crippen molar-refractivity contribution in [1.29, 1.82) is 0 Å². The van der Waals surface area contributed by atoms with Crippen molar-refractivity contribution in [3.8, 4) is 0 Å². The summed E-state index contributed by atoms with van der Waals surface area (Å²) < 4.78 is 0. The molecule has 2 rings (SSSR count). The third kappa shape index (κ3) is 1.49. The molecule has 0 aromatic rings. The largest absolute Gasteiger partial charge is 0.295 e. The molecule has 1 spiro atoms. The van der Waals surface area contributed by atoms with Gasteiger partial charge in [-0.25, -0.2) is 0 Å². The molecule has 0 aromatic carbocycles. The molecule has 0 bridgehead atoms. The zero-order valence-corrected chi connectivity index (χ0v) is 10.7. The maximum absolute atomic E-state index is 11.6. The van der Waals surface area contributed by atoms with Crippen LogP contribution in [-0.4, -0.2) is 5.78 Å². The van der Waals surface area contributed by atoms with Crippen molar-refractivity contribution in [2.45, 2.75) is 46.5 Å². The summed E-state index contributed by atoms with van der Waals surface area (Å²) in [4.78, 5) is 11.6. The molecule has 0 aliphatic heterocycles. The average molecular weight is 218 g/mol. The first kappa shape index (κ1) is 11.6. The molecule has 1 fully saturated rings. The van der Waals surface area contributed by atoms with Gasteiger partial charge in [-0.1, -0.05) is 31.1 Å². The van der Waals surface area contributed by atoms with Crippen LogP contribution in [-0.2, 0) is 4.79 Å². The summed E-state index contributed by atoms with van der Waals surface area (Å²) in [6.07, 6.45) is 6.38. The van der Waals surface area contributed by atoms with Gasteiger partial charge in [-0.05, 0) is 44.6 Å². The first-order valence-corrected chi connectivity index (χ1v) is 6.35. The summed E-state index contributed by atoms with van der Waals surface area (Å²) in [6.45, 7) is 10.7. The second-order valence-electron chi connectivity index (χ2n) is 5.73. The summed E-state index contributed by atoms with van der Waals surface area (Å²) in [5.41, 5.74) is 2.85. The van der Waals surface area contributed by atoms with E-state index in [-0.39, 0.29) is 5.41 Å². The highest BCUT2D eigenvalue weighted by atomic mass is 16.1. The molecule has 1 heteroatoms. The van der Waals surface area contributed by atoms with Crippen molar-refractivity contribution in [3.05, 3.63) is 23.8 Å². The van der Waals surface area contributed by atoms with Gasteiger partial charge in [0.15, 0.2) is 5.78 Å². The predicted octanol–water partition coefficient (Wildman–Crippen LogP) is 3.90. The second-order valence-corrected chi connectivity index (χ2v) is 5.73. The van der Waals surface area contributed by atoms with E-state index in [1.807, 2.05) is 6.08 Å². The van der Waals surface area contributed by atoms with E-state index in [1.165, 1.54) is 30.4 Å². The molecule has 88 valence electrons. The fourth-order valence-corrected chi connectivity index (χ4v) is 4.09. The summed E-state index contributed by atoms with van der Waals surface area (Å²) >= 11 is 0. The van der Waals surface area contributed by atoms with Gasteiger partial charge in [0.25, 0.3) is 0 Å². The molecular formula is C15H22O. The Balaban J connectivity index is 2.46. The fraction of sp³-hybridized carbons (Fsp3) is 0.667. The number of ketones is 1. The number of carbonyl (C=O) groups is 1. The van der Waals surface area contributed by atoms with Crippen LogP contribution in [0.15, 0.2) is 23.8 Å². The molecule has 0 saturated heterocycles. The highest BCUT2D eigenvalue weighted by Gasteiger charge is 2.49. The van der Waals surface area contributed by atoms with Gasteiger partial charge in [-0.2, -0.15) is 0 Å². The Hall–Kier alpha value is -0.850. The first-order chi connectivity index (χ1) is 7.48. The Morgan fingerprint density at radius 3 is 2.81 bits per heavy atom. The maximum atomic E-state index is 11.6. The van der Waals surface area contributed by atoms with Crippen molar-refractivity contribution < 1.29 is 4.79 Å². The molecule has 0 amide bonds. The van der Waals surface area contributed by atoms with E-state index in [1.54, 1.807) is 0 Å². The van der Waals surface area contributed by atoms with E-state index in [2.05, 4.69) is 27.4 Å². The lowest BCUT2D eigenvalue weighted by Gasteiger charge is -2.44. The number of hydrogen-bond acceptors (Lipinski definition) is 1. The van der Waals surface area contributed by atoms with Crippen LogP contribution in [0.5, 0.6) is 0 Å². The minimum atomic E-state index is 0.250. The molecule has 0 heterocycles. The third-order valence-electron chi connectivity index (χ3n) is 4.80. The van der Waals surface area contributed by atoms with Crippen LogP contribution in [0.4, 0.5) is 0 Å². The van der Waals surface area contributed by atoms with Crippen molar-refractivity contribution >= 4 is 5.78 Å². The lowest BCUT2D eigenvalue weighted by Crippen LogP contribution is -2.38. The third-order valence-corrected chi connectivity index (χ3v) is 4.80. The fourth-order valence-electron chi connectivity index (χ4n) is 4.09. The van der Waals surface area contributed by atoms with E-state index in [0.29, 0.717) is 17.6 Å². The van der Waals surface area contributed by atoms with Gasteiger partial charge in [0.05, 0.1) is 0 Å². The lowest BCUT2D eigenvalue weighted by atomic mass is 9.59. The number of rotatable bonds is 1. The van der Waals surface area contributed by atoms with Crippen molar-refractivity contribution in [2.24, 2.45) is 17.3 Å². The van der Waals surface area contributed by atoms with Crippen LogP contribution in [0, 0.1) is 17.3 Å². The van der Waals surface area contributed by atoms with Crippen LogP contribution in [0.2, 0.25) is 0 Å². The van der Waals surface area contributed by atoms with E-state index >= 15 is 0 Å². The van der Waals surface area contributed by atoms with Gasteiger partial charge in [0, 0.05) is 11.8 Å². The highest BCUT2D eigenvalue weighted by Crippen LogP contribution is 2.58. The number of allylic oxidation sites excluding steroid dienone is 3. The topological polar surface area (TPSA) is 17.1 Å². The molecule has 0 radical (unpaired) electrons. The molecule has 0 aromatic heterocycles. The van der Waals surface area contributed by atoms with Crippen LogP contribution >= 0.6 is 0 Å². The van der Waals surface area contributed by atoms with Crippen LogP contribution < -0.4 is 0 Å². The molecule has 2 aliphatic carbocycles. The van der Waals surface area contributed by atoms with E-state index < -0.39 is 0 Å². The highest BCUT2D eigenvalue weighted by molar-refractivity contribution is 5.91. The zero-order chi connectivity index (χ0) is 11.9. The molecular weight excluding hydrogens is 196 g/mol. The van der Waals surface area contributed by atoms with Gasteiger partial charge in [-0.3, -0.25) is 4.79 Å². The van der Waals surface area contributed by atoms with E-state index in [4.69, 9.17) is 0 Å². The van der Waals surface area contributed by atoms with Crippen molar-refractivity contribution in [1.82, 2.24) is 0 Å².